The van der Waals surface area contributed by atoms with E-state index in [1.807, 2.05) is 6.07 Å². The minimum Gasteiger partial charge on any atom is -0.355 e. The molecule has 1 saturated heterocycles. The number of rotatable bonds is 4. The maximum Gasteiger partial charge on any atom is 0.266 e. The Kier molecular flexibility index (Phi) is 4.99. The maximum absolute atomic E-state index is 13.0. The van der Waals surface area contributed by atoms with Gasteiger partial charge >= 0.3 is 0 Å². The van der Waals surface area contributed by atoms with Crippen molar-refractivity contribution in [3.63, 3.8) is 0 Å². The number of nitrogens with one attached hydrogen (secondary N) is 2. The molecule has 0 unspecified atom stereocenters. The first-order chi connectivity index (χ1) is 13.1. The summed E-state index contributed by atoms with van der Waals surface area (Å²) in [5.41, 5.74) is 0.580. The lowest BCUT2D eigenvalue weighted by molar-refractivity contribution is 0.102. The highest BCUT2D eigenvalue weighted by molar-refractivity contribution is 7.08. The van der Waals surface area contributed by atoms with Gasteiger partial charge in [-0.05, 0) is 19.0 Å². The number of carbonyl (C=O) groups excluding carboxylic acids is 1. The average molecular weight is 392 g/mol. The van der Waals surface area contributed by atoms with E-state index in [0.717, 1.165) is 49.8 Å². The van der Waals surface area contributed by atoms with Crippen molar-refractivity contribution in [2.75, 3.05) is 36.4 Å². The van der Waals surface area contributed by atoms with Crippen LogP contribution in [-0.2, 0) is 0 Å². The van der Waals surface area contributed by atoms with Gasteiger partial charge in [0.25, 0.3) is 12.3 Å². The van der Waals surface area contributed by atoms with Crippen molar-refractivity contribution < 1.29 is 13.6 Å². The molecule has 4 heterocycles. The molecular weight excluding hydrogens is 374 g/mol. The number of anilines is 2. The second kappa shape index (κ2) is 7.57. The molecular formula is C17H18F2N6OS. The number of alkyl halides is 2. The molecule has 3 aromatic rings. The van der Waals surface area contributed by atoms with Gasteiger partial charge in [-0.25, -0.2) is 18.3 Å². The first-order valence-corrected chi connectivity index (χ1v) is 9.53. The van der Waals surface area contributed by atoms with Crippen LogP contribution in [0.3, 0.4) is 0 Å². The van der Waals surface area contributed by atoms with Gasteiger partial charge in [0.1, 0.15) is 11.4 Å². The van der Waals surface area contributed by atoms with Crippen LogP contribution in [0.2, 0.25) is 0 Å². The molecule has 27 heavy (non-hydrogen) atoms. The second-order valence-corrected chi connectivity index (χ2v) is 6.94. The fourth-order valence-corrected chi connectivity index (χ4v) is 3.81. The third-order valence-corrected chi connectivity index (χ3v) is 5.20. The first kappa shape index (κ1) is 17.8. The Balaban J connectivity index is 1.62. The molecule has 2 N–H and O–H groups in total. The smallest absolute Gasteiger partial charge is 0.266 e. The zero-order valence-electron chi connectivity index (χ0n) is 14.4. The Labute approximate surface area is 158 Å². The number of nitrogens with zero attached hydrogens (tertiary/aromatic N) is 4. The number of carbonyl (C=O) groups is 1. The number of hydrogen-bond donors (Lipinski definition) is 2. The van der Waals surface area contributed by atoms with E-state index >= 15 is 0 Å². The minimum atomic E-state index is -2.64. The summed E-state index contributed by atoms with van der Waals surface area (Å²) < 4.78 is 27.5. The predicted octanol–water partition coefficient (Wildman–Crippen LogP) is 2.78. The van der Waals surface area contributed by atoms with Gasteiger partial charge in [-0.1, -0.05) is 0 Å². The summed E-state index contributed by atoms with van der Waals surface area (Å²) in [5, 5.41) is 12.9. The fourth-order valence-electron chi connectivity index (χ4n) is 3.04. The molecule has 4 rings (SSSR count). The molecule has 0 bridgehead atoms. The van der Waals surface area contributed by atoms with Crippen LogP contribution in [0.25, 0.3) is 5.65 Å². The zero-order chi connectivity index (χ0) is 18.8. The van der Waals surface area contributed by atoms with Gasteiger partial charge in [0.05, 0.1) is 17.4 Å². The molecule has 142 valence electrons. The Morgan fingerprint density at radius 1 is 1.30 bits per heavy atom. The molecule has 0 saturated carbocycles. The molecule has 0 atom stereocenters. The summed E-state index contributed by atoms with van der Waals surface area (Å²) in [4.78, 5) is 19.4. The Hall–Kier alpha value is -2.59. The second-order valence-electron chi connectivity index (χ2n) is 6.20. The summed E-state index contributed by atoms with van der Waals surface area (Å²) in [6, 6.07) is 1.86. The van der Waals surface area contributed by atoms with Gasteiger partial charge < -0.3 is 15.5 Å². The molecule has 0 spiro atoms. The summed E-state index contributed by atoms with van der Waals surface area (Å²) in [6.45, 7) is 3.53. The molecule has 10 heteroatoms. The molecule has 0 radical (unpaired) electrons. The van der Waals surface area contributed by atoms with Gasteiger partial charge in [-0.2, -0.15) is 5.10 Å². The highest BCUT2D eigenvalue weighted by Gasteiger charge is 2.20. The predicted molar refractivity (Wildman–Crippen MR) is 99.9 cm³/mol. The lowest BCUT2D eigenvalue weighted by Crippen LogP contribution is -2.28. The van der Waals surface area contributed by atoms with Gasteiger partial charge in [-0.15, -0.1) is 11.3 Å². The van der Waals surface area contributed by atoms with E-state index in [-0.39, 0.29) is 16.8 Å². The van der Waals surface area contributed by atoms with Gasteiger partial charge in [0.2, 0.25) is 0 Å². The number of fused-ring (bicyclic) bond motifs is 1. The molecule has 0 aromatic carbocycles. The third-order valence-electron chi connectivity index (χ3n) is 4.44. The quantitative estimate of drug-likeness (QED) is 0.714. The van der Waals surface area contributed by atoms with Crippen molar-refractivity contribution in [3.8, 4) is 0 Å². The number of aromatic nitrogens is 3. The van der Waals surface area contributed by atoms with E-state index in [2.05, 4.69) is 25.6 Å². The van der Waals surface area contributed by atoms with Crippen molar-refractivity contribution >= 4 is 34.4 Å². The van der Waals surface area contributed by atoms with E-state index in [1.54, 1.807) is 6.20 Å². The molecule has 7 nitrogen and oxygen atoms in total. The van der Waals surface area contributed by atoms with E-state index in [4.69, 9.17) is 0 Å². The summed E-state index contributed by atoms with van der Waals surface area (Å²) in [5.74, 6) is 0.261. The number of hydrogen-bond acceptors (Lipinski definition) is 6. The molecule has 3 aromatic heterocycles. The van der Waals surface area contributed by atoms with Crippen LogP contribution in [0.1, 0.15) is 28.8 Å². The maximum atomic E-state index is 13.0. The Bertz CT molecular complexity index is 948. The molecule has 1 aliphatic heterocycles. The van der Waals surface area contributed by atoms with Crippen molar-refractivity contribution in [3.05, 3.63) is 40.3 Å². The summed E-state index contributed by atoms with van der Waals surface area (Å²) in [6.07, 6.45) is 1.52. The summed E-state index contributed by atoms with van der Waals surface area (Å²) in [7, 11) is 0. The molecule has 1 fully saturated rings. The standard InChI is InChI=1S/C17H18F2N6OS/c18-15(19)12-9-27-10-13(12)22-17(26)11-8-21-25-6-2-14(23-16(11)25)24-5-1-3-20-4-7-24/h2,6,8-10,15,20H,1,3-5,7H2,(H,22,26). The van der Waals surface area contributed by atoms with Crippen molar-refractivity contribution in [2.24, 2.45) is 0 Å². The van der Waals surface area contributed by atoms with Crippen LogP contribution in [0, 0.1) is 0 Å². The molecule has 1 aliphatic rings. The zero-order valence-corrected chi connectivity index (χ0v) is 15.2. The summed E-state index contributed by atoms with van der Waals surface area (Å²) >= 11 is 1.12. The molecule has 1 amide bonds. The van der Waals surface area contributed by atoms with Gasteiger partial charge in [0.15, 0.2) is 5.65 Å². The molecule has 0 aliphatic carbocycles. The number of halogens is 2. The Morgan fingerprint density at radius 2 is 2.19 bits per heavy atom. The highest BCUT2D eigenvalue weighted by Crippen LogP contribution is 2.31. The van der Waals surface area contributed by atoms with Gasteiger partial charge in [-0.3, -0.25) is 4.79 Å². The van der Waals surface area contributed by atoms with Crippen molar-refractivity contribution in [2.45, 2.75) is 12.8 Å². The SMILES string of the molecule is O=C(Nc1cscc1C(F)F)c1cnn2ccc(N3CCCNCC3)nc12. The highest BCUT2D eigenvalue weighted by atomic mass is 32.1. The van der Waals surface area contributed by atoms with E-state index in [9.17, 15) is 13.6 Å². The van der Waals surface area contributed by atoms with Crippen LogP contribution >= 0.6 is 11.3 Å². The topological polar surface area (TPSA) is 74.6 Å². The third kappa shape index (κ3) is 3.62. The van der Waals surface area contributed by atoms with Crippen LogP contribution in [0.4, 0.5) is 20.3 Å². The lowest BCUT2D eigenvalue weighted by atomic mass is 10.2. The largest absolute Gasteiger partial charge is 0.355 e. The van der Waals surface area contributed by atoms with E-state index < -0.39 is 12.3 Å². The number of amides is 1. The van der Waals surface area contributed by atoms with E-state index in [0.29, 0.717) is 5.65 Å². The van der Waals surface area contributed by atoms with Crippen molar-refractivity contribution in [1.29, 1.82) is 0 Å². The average Bonchev–Trinajstić information content (AvgIpc) is 3.20. The first-order valence-electron chi connectivity index (χ1n) is 8.59. The van der Waals surface area contributed by atoms with Crippen LogP contribution in [0.15, 0.2) is 29.2 Å². The van der Waals surface area contributed by atoms with E-state index in [1.165, 1.54) is 21.5 Å². The van der Waals surface area contributed by atoms with Crippen LogP contribution in [-0.4, -0.2) is 46.7 Å². The lowest BCUT2D eigenvalue weighted by Gasteiger charge is -2.20. The Morgan fingerprint density at radius 3 is 3.04 bits per heavy atom. The normalized spacial score (nSPS) is 15.3. The minimum absolute atomic E-state index is 0.120. The van der Waals surface area contributed by atoms with Crippen LogP contribution in [0.5, 0.6) is 0 Å². The van der Waals surface area contributed by atoms with Gasteiger partial charge in [0, 0.05) is 36.6 Å². The fraction of sp³-hybridized carbons (Fsp3) is 0.353. The van der Waals surface area contributed by atoms with Crippen LogP contribution < -0.4 is 15.5 Å². The van der Waals surface area contributed by atoms with Crippen molar-refractivity contribution in [1.82, 2.24) is 19.9 Å². The monoisotopic (exact) mass is 392 g/mol. The number of thiophene rings is 1.